The number of Topliss-reactive ketones (excluding diaryl/α,β-unsaturated/α-hetero) is 1. The second-order valence-electron chi connectivity index (χ2n) is 7.92. The number of H-pyrrole nitrogens is 1. The third-order valence-electron chi connectivity index (χ3n) is 4.48. The van der Waals surface area contributed by atoms with Crippen molar-refractivity contribution in [2.45, 2.75) is 67.9 Å². The molecule has 0 aliphatic carbocycles. The molecule has 1 aromatic rings. The van der Waals surface area contributed by atoms with Crippen molar-refractivity contribution in [2.24, 2.45) is 11.8 Å². The molecule has 0 bridgehead atoms. The predicted molar refractivity (Wildman–Crippen MR) is 106 cm³/mol. The van der Waals surface area contributed by atoms with Gasteiger partial charge in [0.05, 0.1) is 12.6 Å². The van der Waals surface area contributed by atoms with Crippen LogP contribution in [0.25, 0.3) is 0 Å². The van der Waals surface area contributed by atoms with E-state index in [1.807, 2.05) is 27.7 Å². The zero-order valence-electron chi connectivity index (χ0n) is 17.9. The van der Waals surface area contributed by atoms with Crippen LogP contribution in [0.4, 0.5) is 0 Å². The molecule has 1 heterocycles. The molecule has 0 fully saturated rings. The van der Waals surface area contributed by atoms with Crippen molar-refractivity contribution in [2.75, 3.05) is 13.2 Å². The Morgan fingerprint density at radius 1 is 1.04 bits per heavy atom. The smallest absolute Gasteiger partial charge is 0.355 e. The van der Waals surface area contributed by atoms with Gasteiger partial charge in [-0.05, 0) is 45.1 Å². The van der Waals surface area contributed by atoms with Gasteiger partial charge in [0.1, 0.15) is 5.69 Å². The number of amides is 1. The first-order valence-electron chi connectivity index (χ1n) is 9.71. The van der Waals surface area contributed by atoms with E-state index in [1.54, 1.807) is 32.6 Å². The normalized spacial score (nSPS) is 12.4. The first kappa shape index (κ1) is 22.9. The summed E-state index contributed by atoms with van der Waals surface area (Å²) >= 11 is 0. The van der Waals surface area contributed by atoms with Crippen molar-refractivity contribution >= 4 is 17.7 Å². The van der Waals surface area contributed by atoms with Gasteiger partial charge in [-0.2, -0.15) is 0 Å². The number of hydrogen-bond acceptors (Lipinski definition) is 4. The molecule has 0 radical (unpaired) electrons. The summed E-state index contributed by atoms with van der Waals surface area (Å²) in [7, 11) is 0. The number of nitrogens with zero attached hydrogens (tertiary/aromatic N) is 1. The molecule has 0 aromatic carbocycles. The monoisotopic (exact) mass is 378 g/mol. The zero-order chi connectivity index (χ0) is 20.9. The van der Waals surface area contributed by atoms with Gasteiger partial charge in [0.15, 0.2) is 5.78 Å². The Hall–Kier alpha value is -2.11. The van der Waals surface area contributed by atoms with Crippen LogP contribution >= 0.6 is 0 Å². The van der Waals surface area contributed by atoms with Crippen LogP contribution in [0.1, 0.15) is 80.1 Å². The molecule has 6 nitrogen and oxygen atoms in total. The van der Waals surface area contributed by atoms with Gasteiger partial charge in [-0.1, -0.05) is 27.7 Å². The summed E-state index contributed by atoms with van der Waals surface area (Å²) in [5.41, 5.74) is 1.96. The maximum absolute atomic E-state index is 13.2. The topological polar surface area (TPSA) is 79.5 Å². The lowest BCUT2D eigenvalue weighted by Crippen LogP contribution is -2.45. The Bertz CT molecular complexity index is 689. The largest absolute Gasteiger partial charge is 0.461 e. The molecule has 0 saturated heterocycles. The molecule has 1 rings (SSSR count). The van der Waals surface area contributed by atoms with Crippen molar-refractivity contribution in [1.82, 2.24) is 9.88 Å². The first-order chi connectivity index (χ1) is 12.5. The van der Waals surface area contributed by atoms with Gasteiger partial charge < -0.3 is 14.6 Å². The fourth-order valence-corrected chi connectivity index (χ4v) is 3.21. The average Bonchev–Trinajstić information content (AvgIpc) is 2.85. The van der Waals surface area contributed by atoms with Crippen LogP contribution in [-0.4, -0.2) is 46.7 Å². The van der Waals surface area contributed by atoms with Crippen LogP contribution in [0, 0.1) is 25.7 Å². The number of ketones is 1. The minimum Gasteiger partial charge on any atom is -0.461 e. The maximum atomic E-state index is 13.2. The molecule has 0 spiro atoms. The molecule has 27 heavy (non-hydrogen) atoms. The van der Waals surface area contributed by atoms with Crippen LogP contribution in [0.3, 0.4) is 0 Å². The first-order valence-corrected chi connectivity index (χ1v) is 9.71. The van der Waals surface area contributed by atoms with Crippen molar-refractivity contribution in [3.63, 3.8) is 0 Å². The number of carbonyl (C=O) groups excluding carboxylic acids is 3. The Morgan fingerprint density at radius 3 is 2.11 bits per heavy atom. The number of esters is 1. The molecule has 1 N–H and O–H groups in total. The fraction of sp³-hybridized carbons (Fsp3) is 0.667. The molecule has 1 aromatic heterocycles. The van der Waals surface area contributed by atoms with E-state index in [-0.39, 0.29) is 30.1 Å². The Kier molecular flexibility index (Phi) is 8.25. The number of nitrogens with one attached hydrogen (secondary N) is 1. The third-order valence-corrected chi connectivity index (χ3v) is 4.48. The van der Waals surface area contributed by atoms with Crippen molar-refractivity contribution in [3.05, 3.63) is 22.5 Å². The van der Waals surface area contributed by atoms with Gasteiger partial charge in [0, 0.05) is 24.2 Å². The lowest BCUT2D eigenvalue weighted by atomic mass is 9.98. The summed E-state index contributed by atoms with van der Waals surface area (Å²) in [5, 5.41) is 0. The fourth-order valence-electron chi connectivity index (χ4n) is 3.21. The molecule has 0 aliphatic heterocycles. The highest BCUT2D eigenvalue weighted by Crippen LogP contribution is 2.23. The van der Waals surface area contributed by atoms with E-state index in [4.69, 9.17) is 4.74 Å². The standard InChI is InChI=1S/C21H34N2O4/c1-9-27-21(26)19-14(6)18(15(7)22-19)20(25)16(8)23(11-13(4)5)17(24)10-12(2)3/h12-13,16,22H,9-11H2,1-8H3. The summed E-state index contributed by atoms with van der Waals surface area (Å²) < 4.78 is 5.05. The minimum absolute atomic E-state index is 0.0176. The molecular formula is C21H34N2O4. The third kappa shape index (κ3) is 5.68. The number of aromatic nitrogens is 1. The molecule has 0 saturated carbocycles. The Balaban J connectivity index is 3.21. The van der Waals surface area contributed by atoms with E-state index in [9.17, 15) is 14.4 Å². The van der Waals surface area contributed by atoms with Gasteiger partial charge in [-0.25, -0.2) is 4.79 Å². The van der Waals surface area contributed by atoms with Crippen LogP contribution in [-0.2, 0) is 9.53 Å². The van der Waals surface area contributed by atoms with E-state index in [0.29, 0.717) is 35.5 Å². The summed E-state index contributed by atoms with van der Waals surface area (Å²) in [6, 6.07) is -0.595. The number of carbonyl (C=O) groups is 3. The van der Waals surface area contributed by atoms with Gasteiger partial charge in [0.25, 0.3) is 0 Å². The Labute approximate surface area is 162 Å². The van der Waals surface area contributed by atoms with E-state index in [0.717, 1.165) is 0 Å². The molecule has 1 amide bonds. The molecule has 6 heteroatoms. The van der Waals surface area contributed by atoms with Gasteiger partial charge >= 0.3 is 5.97 Å². The highest BCUT2D eigenvalue weighted by molar-refractivity contribution is 6.06. The second kappa shape index (κ2) is 9.72. The molecular weight excluding hydrogens is 344 g/mol. The van der Waals surface area contributed by atoms with Crippen LogP contribution in [0.2, 0.25) is 0 Å². The van der Waals surface area contributed by atoms with Crippen molar-refractivity contribution in [3.8, 4) is 0 Å². The van der Waals surface area contributed by atoms with Crippen molar-refractivity contribution in [1.29, 1.82) is 0 Å². The van der Waals surface area contributed by atoms with Crippen LogP contribution in [0.15, 0.2) is 0 Å². The SMILES string of the molecule is CCOC(=O)c1[nH]c(C)c(C(=O)C(C)N(CC(C)C)C(=O)CC(C)C)c1C. The highest BCUT2D eigenvalue weighted by Gasteiger charge is 2.31. The number of hydrogen-bond donors (Lipinski definition) is 1. The van der Waals surface area contributed by atoms with Crippen LogP contribution < -0.4 is 0 Å². The molecule has 152 valence electrons. The molecule has 0 aliphatic rings. The summed E-state index contributed by atoms with van der Waals surface area (Å²) in [6.45, 7) is 15.8. The summed E-state index contributed by atoms with van der Waals surface area (Å²) in [5.74, 6) is -0.175. The summed E-state index contributed by atoms with van der Waals surface area (Å²) in [6.07, 6.45) is 0.406. The van der Waals surface area contributed by atoms with E-state index in [1.165, 1.54) is 0 Å². The molecule has 1 atom stereocenters. The number of aromatic amines is 1. The molecule has 1 unspecified atom stereocenters. The highest BCUT2D eigenvalue weighted by atomic mass is 16.5. The van der Waals surface area contributed by atoms with E-state index in [2.05, 4.69) is 4.98 Å². The van der Waals surface area contributed by atoms with Gasteiger partial charge in [-0.15, -0.1) is 0 Å². The predicted octanol–water partition coefficient (Wildman–Crippen LogP) is 3.91. The summed E-state index contributed by atoms with van der Waals surface area (Å²) in [4.78, 5) is 42.7. The maximum Gasteiger partial charge on any atom is 0.355 e. The number of ether oxygens (including phenoxy) is 1. The zero-order valence-corrected chi connectivity index (χ0v) is 17.9. The minimum atomic E-state index is -0.595. The number of rotatable bonds is 9. The lowest BCUT2D eigenvalue weighted by Gasteiger charge is -2.31. The van der Waals surface area contributed by atoms with Crippen molar-refractivity contribution < 1.29 is 19.1 Å². The second-order valence-corrected chi connectivity index (χ2v) is 7.92. The van der Waals surface area contributed by atoms with Gasteiger partial charge in [0.2, 0.25) is 5.91 Å². The number of aryl methyl sites for hydroxylation is 1. The van der Waals surface area contributed by atoms with E-state index < -0.39 is 12.0 Å². The quantitative estimate of drug-likeness (QED) is 0.522. The lowest BCUT2D eigenvalue weighted by molar-refractivity contribution is -0.133. The van der Waals surface area contributed by atoms with E-state index >= 15 is 0 Å². The van der Waals surface area contributed by atoms with Gasteiger partial charge in [-0.3, -0.25) is 9.59 Å². The average molecular weight is 379 g/mol. The Morgan fingerprint density at radius 2 is 1.63 bits per heavy atom. The van der Waals surface area contributed by atoms with Crippen LogP contribution in [0.5, 0.6) is 0 Å².